The van der Waals surface area contributed by atoms with Gasteiger partial charge in [-0.05, 0) is 52.3 Å². The second kappa shape index (κ2) is 19.7. The van der Waals surface area contributed by atoms with Crippen LogP contribution in [-0.4, -0.2) is 61.6 Å². The molecule has 1 rings (SSSR count). The fourth-order valence-corrected chi connectivity index (χ4v) is 3.59. The summed E-state index contributed by atoms with van der Waals surface area (Å²) in [7, 11) is 3.69. The van der Waals surface area contributed by atoms with Crippen LogP contribution in [0, 0.1) is 0 Å². The van der Waals surface area contributed by atoms with Crippen molar-refractivity contribution < 1.29 is 14.4 Å². The van der Waals surface area contributed by atoms with E-state index >= 15 is 0 Å². The number of carbonyl (C=O) groups excluding carboxylic acids is 2. The third-order valence-electron chi connectivity index (χ3n) is 5.41. The van der Waals surface area contributed by atoms with Crippen molar-refractivity contribution in [3.05, 3.63) is 36.5 Å². The first-order valence-corrected chi connectivity index (χ1v) is 12.4. The van der Waals surface area contributed by atoms with Gasteiger partial charge < -0.3 is 10.2 Å². The van der Waals surface area contributed by atoms with Crippen LogP contribution in [0.1, 0.15) is 78.6 Å². The Morgan fingerprint density at radius 2 is 1.81 bits per heavy atom. The number of amides is 2. The van der Waals surface area contributed by atoms with Crippen molar-refractivity contribution in [1.82, 2.24) is 15.3 Å². The normalized spacial score (nSPS) is 14.6. The summed E-state index contributed by atoms with van der Waals surface area (Å²) in [4.78, 5) is 32.9. The largest absolute Gasteiger partial charge is 0.339 e. The number of rotatable bonds is 14. The van der Waals surface area contributed by atoms with Gasteiger partial charge in [0.25, 0.3) is 5.91 Å². The first kappa shape index (κ1) is 30.1. The van der Waals surface area contributed by atoms with Crippen molar-refractivity contribution in [3.8, 4) is 0 Å². The highest BCUT2D eigenvalue weighted by Crippen LogP contribution is 2.24. The minimum absolute atomic E-state index is 0.0695. The molecule has 1 aliphatic rings. The molecule has 0 saturated heterocycles. The molecule has 1 aliphatic carbocycles. The van der Waals surface area contributed by atoms with E-state index in [0.29, 0.717) is 25.1 Å². The number of likely N-dealkylation sites (N-methyl/N-ethyl adjacent to an activating group) is 1. The van der Waals surface area contributed by atoms with Crippen LogP contribution in [0.3, 0.4) is 0 Å². The molecule has 0 heterocycles. The van der Waals surface area contributed by atoms with Gasteiger partial charge in [-0.1, -0.05) is 64.3 Å². The fraction of sp³-hybridized carbons (Fsp3) is 0.692. The van der Waals surface area contributed by atoms with E-state index in [1.807, 2.05) is 40.0 Å². The number of hydrogen-bond donors (Lipinski definition) is 1. The van der Waals surface area contributed by atoms with Crippen LogP contribution in [0.4, 0.5) is 0 Å². The third kappa shape index (κ3) is 12.2. The molecular formula is C26H47N3O3. The van der Waals surface area contributed by atoms with Gasteiger partial charge in [0.1, 0.15) is 0 Å². The predicted octanol–water partition coefficient (Wildman–Crippen LogP) is 5.03. The Labute approximate surface area is 196 Å². The highest BCUT2D eigenvalue weighted by Gasteiger charge is 2.26. The molecule has 0 atom stereocenters. The minimum Gasteiger partial charge on any atom is -0.339 e. The molecular weight excluding hydrogens is 402 g/mol. The van der Waals surface area contributed by atoms with Crippen molar-refractivity contribution in [2.24, 2.45) is 0 Å². The van der Waals surface area contributed by atoms with E-state index < -0.39 is 0 Å². The smallest absolute Gasteiger partial charge is 0.253 e. The Morgan fingerprint density at radius 3 is 2.41 bits per heavy atom. The van der Waals surface area contributed by atoms with Gasteiger partial charge in [0.2, 0.25) is 5.91 Å². The lowest BCUT2D eigenvalue weighted by molar-refractivity contribution is -0.205. The molecule has 184 valence electrons. The van der Waals surface area contributed by atoms with Crippen molar-refractivity contribution >= 4 is 11.8 Å². The Balaban J connectivity index is 0.00000466. The van der Waals surface area contributed by atoms with Gasteiger partial charge in [-0.3, -0.25) is 14.4 Å². The van der Waals surface area contributed by atoms with Crippen LogP contribution in [0.15, 0.2) is 36.5 Å². The molecule has 2 amide bonds. The average molecular weight is 450 g/mol. The highest BCUT2D eigenvalue weighted by atomic mass is 16.7. The lowest BCUT2D eigenvalue weighted by Crippen LogP contribution is -2.43. The summed E-state index contributed by atoms with van der Waals surface area (Å²) in [5.74, 6) is -0.0353. The number of allylic oxidation sites excluding steroid dienone is 3. The maximum absolute atomic E-state index is 12.8. The minimum atomic E-state index is -0.105. The Bertz CT molecular complexity index is 581. The van der Waals surface area contributed by atoms with Crippen LogP contribution in [0.25, 0.3) is 0 Å². The third-order valence-corrected chi connectivity index (χ3v) is 5.41. The van der Waals surface area contributed by atoms with Gasteiger partial charge in [-0.15, -0.1) is 0 Å². The van der Waals surface area contributed by atoms with E-state index in [0.717, 1.165) is 51.5 Å². The maximum atomic E-state index is 12.8. The summed E-state index contributed by atoms with van der Waals surface area (Å²) < 4.78 is 0. The van der Waals surface area contributed by atoms with Crippen molar-refractivity contribution in [2.75, 3.05) is 33.8 Å². The molecule has 6 heteroatoms. The monoisotopic (exact) mass is 449 g/mol. The molecule has 0 aromatic carbocycles. The fourth-order valence-electron chi connectivity index (χ4n) is 3.59. The quantitative estimate of drug-likeness (QED) is 0.175. The van der Waals surface area contributed by atoms with E-state index in [1.54, 1.807) is 29.2 Å². The predicted molar refractivity (Wildman–Crippen MR) is 134 cm³/mol. The summed E-state index contributed by atoms with van der Waals surface area (Å²) in [5, 5.41) is 4.76. The second-order valence-electron chi connectivity index (χ2n) is 7.84. The zero-order valence-corrected chi connectivity index (χ0v) is 21.2. The molecule has 1 N–H and O–H groups in total. The van der Waals surface area contributed by atoms with Gasteiger partial charge in [0.05, 0.1) is 12.6 Å². The number of nitrogens with one attached hydrogen (secondary N) is 1. The van der Waals surface area contributed by atoms with Crippen molar-refractivity contribution in [3.63, 3.8) is 0 Å². The molecule has 6 nitrogen and oxygen atoms in total. The van der Waals surface area contributed by atoms with E-state index in [9.17, 15) is 9.59 Å². The Kier molecular flexibility index (Phi) is 18.6. The number of unbranched alkanes of at least 4 members (excludes halogenated alkanes) is 2. The van der Waals surface area contributed by atoms with E-state index in [-0.39, 0.29) is 17.9 Å². The summed E-state index contributed by atoms with van der Waals surface area (Å²) in [6, 6.07) is 0.155. The maximum Gasteiger partial charge on any atom is 0.253 e. The van der Waals surface area contributed by atoms with E-state index in [2.05, 4.69) is 11.9 Å². The van der Waals surface area contributed by atoms with Gasteiger partial charge in [-0.2, -0.15) is 0 Å². The van der Waals surface area contributed by atoms with Crippen LogP contribution in [-0.2, 0) is 14.4 Å². The van der Waals surface area contributed by atoms with Crippen LogP contribution >= 0.6 is 0 Å². The number of hydrogen-bond acceptors (Lipinski definition) is 4. The lowest BCUT2D eigenvalue weighted by atomic mass is 9.95. The SMILES string of the molecule is C=C/C(=C\C=C/C)C(=O)N(C)CCON(C(=O)CCCCCNC)C1CCCCC1.CC. The topological polar surface area (TPSA) is 61.9 Å². The summed E-state index contributed by atoms with van der Waals surface area (Å²) in [6.07, 6.45) is 16.0. The molecule has 0 spiro atoms. The van der Waals surface area contributed by atoms with Crippen LogP contribution in [0.5, 0.6) is 0 Å². The molecule has 0 aromatic heterocycles. The first-order valence-electron chi connectivity index (χ1n) is 12.4. The van der Waals surface area contributed by atoms with Gasteiger partial charge in [0.15, 0.2) is 0 Å². The van der Waals surface area contributed by atoms with Gasteiger partial charge in [-0.25, -0.2) is 5.06 Å². The highest BCUT2D eigenvalue weighted by molar-refractivity contribution is 5.96. The number of nitrogens with zero attached hydrogens (tertiary/aromatic N) is 2. The molecule has 32 heavy (non-hydrogen) atoms. The molecule has 1 fully saturated rings. The number of hydroxylamine groups is 2. The van der Waals surface area contributed by atoms with Crippen LogP contribution < -0.4 is 5.32 Å². The second-order valence-corrected chi connectivity index (χ2v) is 7.84. The summed E-state index contributed by atoms with van der Waals surface area (Å²) in [6.45, 7) is 11.3. The van der Waals surface area contributed by atoms with E-state index in [1.165, 1.54) is 6.42 Å². The van der Waals surface area contributed by atoms with Crippen molar-refractivity contribution in [1.29, 1.82) is 0 Å². The van der Waals surface area contributed by atoms with Gasteiger partial charge in [0, 0.05) is 25.6 Å². The summed E-state index contributed by atoms with van der Waals surface area (Å²) in [5.41, 5.74) is 0.539. The zero-order chi connectivity index (χ0) is 24.2. The Morgan fingerprint density at radius 1 is 1.12 bits per heavy atom. The summed E-state index contributed by atoms with van der Waals surface area (Å²) >= 11 is 0. The Hall–Kier alpha value is -1.92. The van der Waals surface area contributed by atoms with E-state index in [4.69, 9.17) is 4.84 Å². The molecule has 0 aromatic rings. The molecule has 0 radical (unpaired) electrons. The molecule has 0 unspecified atom stereocenters. The van der Waals surface area contributed by atoms with Gasteiger partial charge >= 0.3 is 0 Å². The lowest BCUT2D eigenvalue weighted by Gasteiger charge is -2.33. The standard InChI is InChI=1S/C24H41N3O3.C2H6/c1-5-7-14-21(6-2)24(29)26(4)19-20-30-27(22-15-10-8-11-16-22)23(28)17-12-9-13-18-25-3;1-2/h5-7,14,22,25H,2,8-13,15-20H2,1,3-4H3;1-2H3/b7-5-,21-14+;. The molecule has 0 bridgehead atoms. The molecule has 1 saturated carbocycles. The van der Waals surface area contributed by atoms with Crippen LogP contribution in [0.2, 0.25) is 0 Å². The zero-order valence-electron chi connectivity index (χ0n) is 21.2. The number of carbonyl (C=O) groups is 2. The first-order chi connectivity index (χ1) is 15.5. The van der Waals surface area contributed by atoms with Crippen molar-refractivity contribution in [2.45, 2.75) is 84.6 Å². The molecule has 0 aliphatic heterocycles. The average Bonchev–Trinajstić information content (AvgIpc) is 2.83.